The number of piperazine rings is 1. The Labute approximate surface area is 198 Å². The van der Waals surface area contributed by atoms with Crippen LogP contribution in [0.15, 0.2) is 65.6 Å². The number of amides is 1. The van der Waals surface area contributed by atoms with Crippen LogP contribution in [0.3, 0.4) is 0 Å². The minimum Gasteiger partial charge on any atom is -0.384 e. The van der Waals surface area contributed by atoms with E-state index in [9.17, 15) is 13.2 Å². The van der Waals surface area contributed by atoms with Gasteiger partial charge in [0.2, 0.25) is 15.9 Å². The van der Waals surface area contributed by atoms with Crippen molar-refractivity contribution >= 4 is 44.1 Å². The summed E-state index contributed by atoms with van der Waals surface area (Å²) in [6, 6.07) is 17.7. The zero-order valence-electron chi connectivity index (χ0n) is 18.0. The number of rotatable bonds is 6. The van der Waals surface area contributed by atoms with Crippen LogP contribution in [-0.4, -0.2) is 55.5 Å². The molecule has 33 heavy (non-hydrogen) atoms. The van der Waals surface area contributed by atoms with Gasteiger partial charge in [0.1, 0.15) is 5.84 Å². The van der Waals surface area contributed by atoms with Gasteiger partial charge >= 0.3 is 0 Å². The highest BCUT2D eigenvalue weighted by atomic mass is 35.5. The molecular weight excluding hydrogens is 460 g/mol. The number of aryl methyl sites for hydroxylation is 1. The van der Waals surface area contributed by atoms with Crippen LogP contribution in [0.4, 0.5) is 0 Å². The minimum atomic E-state index is -3.65. The number of nitrogens with one attached hydrogen (secondary N) is 1. The molecule has 1 aliphatic rings. The average molecular weight is 485 g/mol. The molecule has 1 saturated heterocycles. The van der Waals surface area contributed by atoms with E-state index in [1.165, 1.54) is 4.31 Å². The summed E-state index contributed by atoms with van der Waals surface area (Å²) < 4.78 is 27.7. The van der Waals surface area contributed by atoms with Crippen molar-refractivity contribution in [1.29, 1.82) is 5.41 Å². The van der Waals surface area contributed by atoms with Gasteiger partial charge in [-0.25, -0.2) is 8.42 Å². The summed E-state index contributed by atoms with van der Waals surface area (Å²) in [5.74, 6) is -0.0152. The van der Waals surface area contributed by atoms with Gasteiger partial charge in [-0.15, -0.1) is 0 Å². The number of carbonyl (C=O) groups excluding carboxylic acids is 1. The molecule has 0 spiro atoms. The lowest BCUT2D eigenvalue weighted by atomic mass is 10.1. The lowest BCUT2D eigenvalue weighted by Gasteiger charge is -2.34. The van der Waals surface area contributed by atoms with Crippen LogP contribution in [-0.2, 0) is 21.2 Å². The maximum absolute atomic E-state index is 13.1. The summed E-state index contributed by atoms with van der Waals surface area (Å²) in [6.45, 7) is 1.22. The Morgan fingerprint density at radius 1 is 0.970 bits per heavy atom. The summed E-state index contributed by atoms with van der Waals surface area (Å²) in [4.78, 5) is 14.6. The Hall–Kier alpha value is -2.94. The molecule has 1 fully saturated rings. The Morgan fingerprint density at radius 2 is 1.67 bits per heavy atom. The van der Waals surface area contributed by atoms with Gasteiger partial charge < -0.3 is 10.6 Å². The summed E-state index contributed by atoms with van der Waals surface area (Å²) in [6.07, 6.45) is 0.862. The van der Waals surface area contributed by atoms with Gasteiger partial charge in [0.25, 0.3) is 0 Å². The molecule has 3 N–H and O–H groups in total. The van der Waals surface area contributed by atoms with Crippen molar-refractivity contribution in [3.05, 3.63) is 76.8 Å². The summed E-state index contributed by atoms with van der Waals surface area (Å²) >= 11 is 6.01. The Kier molecular flexibility index (Phi) is 6.69. The number of amidine groups is 1. The molecule has 0 saturated carbocycles. The predicted octanol–water partition coefficient (Wildman–Crippen LogP) is 3.24. The van der Waals surface area contributed by atoms with Crippen molar-refractivity contribution in [3.63, 3.8) is 0 Å². The fourth-order valence-corrected chi connectivity index (χ4v) is 5.62. The fourth-order valence-electron chi connectivity index (χ4n) is 3.99. The molecule has 0 aromatic heterocycles. The van der Waals surface area contributed by atoms with Gasteiger partial charge in [-0.2, -0.15) is 4.31 Å². The molecule has 4 rings (SSSR count). The number of halogens is 1. The van der Waals surface area contributed by atoms with Gasteiger partial charge in [-0.3, -0.25) is 10.2 Å². The van der Waals surface area contributed by atoms with E-state index in [0.29, 0.717) is 36.5 Å². The van der Waals surface area contributed by atoms with Gasteiger partial charge in [0.05, 0.1) is 4.90 Å². The number of nitrogen functional groups attached to an aromatic ring is 1. The highest BCUT2D eigenvalue weighted by Crippen LogP contribution is 2.25. The molecule has 3 aromatic carbocycles. The topological polar surface area (TPSA) is 108 Å². The highest BCUT2D eigenvalue weighted by molar-refractivity contribution is 7.89. The third-order valence-corrected chi connectivity index (χ3v) is 8.00. The van der Waals surface area contributed by atoms with Crippen molar-refractivity contribution in [2.75, 3.05) is 26.2 Å². The fraction of sp³-hybridized carbons (Fsp3) is 0.250. The molecule has 1 heterocycles. The van der Waals surface area contributed by atoms with Gasteiger partial charge in [-0.1, -0.05) is 41.9 Å². The summed E-state index contributed by atoms with van der Waals surface area (Å²) in [7, 11) is -3.65. The Morgan fingerprint density at radius 3 is 2.39 bits per heavy atom. The number of benzene rings is 3. The van der Waals surface area contributed by atoms with Crippen LogP contribution in [0, 0.1) is 5.41 Å². The van der Waals surface area contributed by atoms with Crippen LogP contribution in [0.2, 0.25) is 5.02 Å². The lowest BCUT2D eigenvalue weighted by molar-refractivity contribution is -0.132. The number of hydrogen-bond acceptors (Lipinski definition) is 4. The zero-order valence-corrected chi connectivity index (χ0v) is 19.6. The first-order valence-electron chi connectivity index (χ1n) is 10.6. The Balaban J connectivity index is 1.36. The van der Waals surface area contributed by atoms with Gasteiger partial charge in [0.15, 0.2) is 0 Å². The average Bonchev–Trinajstić information content (AvgIpc) is 2.82. The van der Waals surface area contributed by atoms with Crippen molar-refractivity contribution in [2.45, 2.75) is 17.7 Å². The number of fused-ring (bicyclic) bond motifs is 1. The third kappa shape index (κ3) is 5.19. The highest BCUT2D eigenvalue weighted by Gasteiger charge is 2.30. The van der Waals surface area contributed by atoms with Crippen molar-refractivity contribution in [3.8, 4) is 0 Å². The van der Waals surface area contributed by atoms with E-state index in [1.807, 2.05) is 18.2 Å². The van der Waals surface area contributed by atoms with Crippen LogP contribution in [0.25, 0.3) is 10.8 Å². The van der Waals surface area contributed by atoms with Crippen molar-refractivity contribution in [2.24, 2.45) is 5.73 Å². The smallest absolute Gasteiger partial charge is 0.243 e. The molecule has 3 aromatic rings. The van der Waals surface area contributed by atoms with Crippen LogP contribution in [0.5, 0.6) is 0 Å². The van der Waals surface area contributed by atoms with Crippen LogP contribution >= 0.6 is 11.6 Å². The summed E-state index contributed by atoms with van der Waals surface area (Å²) in [5, 5.41) is 9.82. The Bertz CT molecular complexity index is 1320. The second-order valence-electron chi connectivity index (χ2n) is 8.05. The normalized spacial score (nSPS) is 15.0. The molecular formula is C24H25ClN4O3S. The van der Waals surface area contributed by atoms with Crippen LogP contribution in [0.1, 0.15) is 17.5 Å². The SMILES string of the molecule is N=C(N)c1cccc(CCC(=O)N2CCN(S(=O)(=O)c3ccc4cc(Cl)ccc4c3)CC2)c1. The van der Waals surface area contributed by atoms with E-state index in [2.05, 4.69) is 0 Å². The molecule has 172 valence electrons. The first-order valence-corrected chi connectivity index (χ1v) is 12.5. The van der Waals surface area contributed by atoms with Gasteiger partial charge in [0, 0.05) is 43.2 Å². The molecule has 0 aliphatic carbocycles. The summed E-state index contributed by atoms with van der Waals surface area (Å²) in [5.41, 5.74) is 7.10. The molecule has 0 bridgehead atoms. The van der Waals surface area contributed by atoms with Gasteiger partial charge in [-0.05, 0) is 53.1 Å². The van der Waals surface area contributed by atoms with E-state index >= 15 is 0 Å². The molecule has 0 atom stereocenters. The minimum absolute atomic E-state index is 0.00396. The number of carbonyl (C=O) groups is 1. The number of sulfonamides is 1. The standard InChI is InChI=1S/C24H25ClN4O3S/c25-21-7-5-19-16-22(8-6-18(19)15-21)33(31,32)29-12-10-28(11-13-29)23(30)9-4-17-2-1-3-20(14-17)24(26)27/h1-3,5-8,14-16H,4,9-13H2,(H3,26,27). The predicted molar refractivity (Wildman–Crippen MR) is 130 cm³/mol. The molecule has 1 aliphatic heterocycles. The number of nitrogens with two attached hydrogens (primary N) is 1. The second kappa shape index (κ2) is 9.51. The maximum Gasteiger partial charge on any atom is 0.243 e. The maximum atomic E-state index is 13.1. The molecule has 7 nitrogen and oxygen atoms in total. The van der Waals surface area contributed by atoms with E-state index < -0.39 is 10.0 Å². The largest absolute Gasteiger partial charge is 0.384 e. The number of nitrogens with zero attached hydrogens (tertiary/aromatic N) is 2. The zero-order chi connectivity index (χ0) is 23.6. The van der Waals surface area contributed by atoms with E-state index in [-0.39, 0.29) is 29.7 Å². The van der Waals surface area contributed by atoms with Crippen LogP contribution < -0.4 is 5.73 Å². The van der Waals surface area contributed by atoms with Crippen molar-refractivity contribution < 1.29 is 13.2 Å². The quantitative estimate of drug-likeness (QED) is 0.413. The third-order valence-electron chi connectivity index (χ3n) is 5.87. The van der Waals surface area contributed by atoms with E-state index in [0.717, 1.165) is 16.3 Å². The number of hydrogen-bond donors (Lipinski definition) is 2. The molecule has 9 heteroatoms. The lowest BCUT2D eigenvalue weighted by Crippen LogP contribution is -2.50. The molecule has 0 unspecified atom stereocenters. The monoisotopic (exact) mass is 484 g/mol. The first-order chi connectivity index (χ1) is 15.7. The van der Waals surface area contributed by atoms with Crippen molar-refractivity contribution in [1.82, 2.24) is 9.21 Å². The molecule has 1 amide bonds. The second-order valence-corrected chi connectivity index (χ2v) is 10.4. The van der Waals surface area contributed by atoms with E-state index in [4.69, 9.17) is 22.7 Å². The first kappa shape index (κ1) is 23.2. The van der Waals surface area contributed by atoms with E-state index in [1.54, 1.807) is 47.4 Å². The molecule has 0 radical (unpaired) electrons.